The molecule has 0 bridgehead atoms. The summed E-state index contributed by atoms with van der Waals surface area (Å²) < 4.78 is 5.15. The fourth-order valence-corrected chi connectivity index (χ4v) is 1.24. The second-order valence-corrected chi connectivity index (χ2v) is 3.02. The van der Waals surface area contributed by atoms with Gasteiger partial charge in [0.1, 0.15) is 5.75 Å². The van der Waals surface area contributed by atoms with Crippen molar-refractivity contribution in [3.63, 3.8) is 0 Å². The fraction of sp³-hybridized carbons (Fsp3) is 0.333. The first-order chi connectivity index (χ1) is 5.16. The Hall–Kier alpha value is -0.630. The molecule has 0 unspecified atom stereocenters. The van der Waals surface area contributed by atoms with Crippen molar-refractivity contribution >= 4 is 12.6 Å². The minimum Gasteiger partial charge on any atom is -0.496 e. The van der Waals surface area contributed by atoms with Gasteiger partial charge >= 0.3 is 0 Å². The molecule has 0 aromatic heterocycles. The number of benzene rings is 1. The lowest BCUT2D eigenvalue weighted by molar-refractivity contribution is 0.411. The lowest BCUT2D eigenvalue weighted by Crippen LogP contribution is -1.90. The van der Waals surface area contributed by atoms with Crippen molar-refractivity contribution in [3.05, 3.63) is 23.3 Å². The molecule has 0 heterocycles. The summed E-state index contributed by atoms with van der Waals surface area (Å²) in [4.78, 5) is 1.02. The molecule has 0 spiro atoms. The molecule has 1 rings (SSSR count). The van der Waals surface area contributed by atoms with Gasteiger partial charge in [-0.25, -0.2) is 0 Å². The lowest BCUT2D eigenvalue weighted by atomic mass is 10.1. The average Bonchev–Trinajstić information content (AvgIpc) is 2.01. The molecule has 2 heteroatoms. The number of hydrogen-bond acceptors (Lipinski definition) is 2. The largest absolute Gasteiger partial charge is 0.496 e. The van der Waals surface area contributed by atoms with Crippen LogP contribution < -0.4 is 4.74 Å². The highest BCUT2D eigenvalue weighted by Gasteiger charge is 2.02. The Kier molecular flexibility index (Phi) is 2.45. The van der Waals surface area contributed by atoms with Crippen molar-refractivity contribution in [1.82, 2.24) is 0 Å². The normalized spacial score (nSPS) is 9.82. The summed E-state index contributed by atoms with van der Waals surface area (Å²) in [7, 11) is 1.68. The monoisotopic (exact) mass is 168 g/mol. The molecule has 0 atom stereocenters. The topological polar surface area (TPSA) is 9.23 Å². The SMILES string of the molecule is COc1ccc(S)c(C)c1C. The van der Waals surface area contributed by atoms with Crippen molar-refractivity contribution in [3.8, 4) is 5.75 Å². The van der Waals surface area contributed by atoms with Gasteiger partial charge in [-0.2, -0.15) is 0 Å². The molecule has 0 amide bonds. The van der Waals surface area contributed by atoms with Crippen LogP contribution in [0, 0.1) is 13.8 Å². The van der Waals surface area contributed by atoms with Crippen LogP contribution in [0.2, 0.25) is 0 Å². The molecule has 60 valence electrons. The highest BCUT2D eigenvalue weighted by atomic mass is 32.1. The van der Waals surface area contributed by atoms with Crippen LogP contribution in [0.25, 0.3) is 0 Å². The minimum atomic E-state index is 0.931. The lowest BCUT2D eigenvalue weighted by Gasteiger charge is -2.08. The van der Waals surface area contributed by atoms with Crippen molar-refractivity contribution in [2.75, 3.05) is 7.11 Å². The average molecular weight is 168 g/mol. The second kappa shape index (κ2) is 3.18. The van der Waals surface area contributed by atoms with Gasteiger partial charge in [-0.05, 0) is 37.1 Å². The van der Waals surface area contributed by atoms with Crippen LogP contribution in [0.5, 0.6) is 5.75 Å². The Morgan fingerprint density at radius 1 is 1.18 bits per heavy atom. The van der Waals surface area contributed by atoms with Gasteiger partial charge in [0, 0.05) is 4.90 Å². The van der Waals surface area contributed by atoms with Crippen LogP contribution in [-0.4, -0.2) is 7.11 Å². The molecule has 0 N–H and O–H groups in total. The molecule has 0 fully saturated rings. The maximum Gasteiger partial charge on any atom is 0.122 e. The van der Waals surface area contributed by atoms with E-state index in [9.17, 15) is 0 Å². The summed E-state index contributed by atoms with van der Waals surface area (Å²) >= 11 is 4.30. The fourth-order valence-electron chi connectivity index (χ4n) is 1.00. The first-order valence-corrected chi connectivity index (χ1v) is 3.94. The van der Waals surface area contributed by atoms with Gasteiger partial charge in [0.2, 0.25) is 0 Å². The Balaban J connectivity index is 3.25. The van der Waals surface area contributed by atoms with E-state index in [0.29, 0.717) is 0 Å². The van der Waals surface area contributed by atoms with Gasteiger partial charge in [0.05, 0.1) is 7.11 Å². The Labute approximate surface area is 72.8 Å². The molecule has 0 radical (unpaired) electrons. The zero-order valence-corrected chi connectivity index (χ0v) is 7.90. The highest BCUT2D eigenvalue weighted by molar-refractivity contribution is 7.80. The molecule has 0 aliphatic carbocycles. The van der Waals surface area contributed by atoms with Gasteiger partial charge in [-0.3, -0.25) is 0 Å². The number of ether oxygens (including phenoxy) is 1. The molecule has 0 saturated carbocycles. The predicted molar refractivity (Wildman–Crippen MR) is 49.7 cm³/mol. The third-order valence-electron chi connectivity index (χ3n) is 1.93. The molecule has 0 saturated heterocycles. The van der Waals surface area contributed by atoms with E-state index in [1.165, 1.54) is 11.1 Å². The highest BCUT2D eigenvalue weighted by Crippen LogP contribution is 2.25. The first kappa shape index (κ1) is 8.47. The Morgan fingerprint density at radius 3 is 2.36 bits per heavy atom. The van der Waals surface area contributed by atoms with Gasteiger partial charge in [0.15, 0.2) is 0 Å². The molecule has 11 heavy (non-hydrogen) atoms. The number of methoxy groups -OCH3 is 1. The second-order valence-electron chi connectivity index (χ2n) is 2.54. The maximum atomic E-state index is 5.15. The number of rotatable bonds is 1. The van der Waals surface area contributed by atoms with E-state index in [0.717, 1.165) is 10.6 Å². The van der Waals surface area contributed by atoms with E-state index < -0.39 is 0 Å². The summed E-state index contributed by atoms with van der Waals surface area (Å²) in [5, 5.41) is 0. The van der Waals surface area contributed by atoms with Crippen molar-refractivity contribution in [2.45, 2.75) is 18.7 Å². The standard InChI is InChI=1S/C9H12OS/c1-6-7(2)9(11)5-4-8(6)10-3/h4-5,11H,1-3H3. The summed E-state index contributed by atoms with van der Waals surface area (Å²) in [5.41, 5.74) is 2.35. The number of hydrogen-bond donors (Lipinski definition) is 1. The van der Waals surface area contributed by atoms with E-state index in [1.807, 2.05) is 26.0 Å². The summed E-state index contributed by atoms with van der Waals surface area (Å²) in [6.07, 6.45) is 0. The Morgan fingerprint density at radius 2 is 1.82 bits per heavy atom. The van der Waals surface area contributed by atoms with E-state index in [2.05, 4.69) is 12.6 Å². The van der Waals surface area contributed by atoms with E-state index in [4.69, 9.17) is 4.74 Å². The smallest absolute Gasteiger partial charge is 0.122 e. The van der Waals surface area contributed by atoms with Crippen LogP contribution in [0.4, 0.5) is 0 Å². The van der Waals surface area contributed by atoms with Crippen LogP contribution >= 0.6 is 12.6 Å². The van der Waals surface area contributed by atoms with Gasteiger partial charge in [0.25, 0.3) is 0 Å². The van der Waals surface area contributed by atoms with E-state index in [-0.39, 0.29) is 0 Å². The third kappa shape index (κ3) is 1.51. The van der Waals surface area contributed by atoms with Crippen molar-refractivity contribution < 1.29 is 4.74 Å². The number of thiol groups is 1. The quantitative estimate of drug-likeness (QED) is 0.634. The van der Waals surface area contributed by atoms with Crippen LogP contribution in [0.15, 0.2) is 17.0 Å². The minimum absolute atomic E-state index is 0.931. The van der Waals surface area contributed by atoms with Crippen molar-refractivity contribution in [1.29, 1.82) is 0 Å². The maximum absolute atomic E-state index is 5.15. The third-order valence-corrected chi connectivity index (χ3v) is 2.41. The molecule has 1 aromatic rings. The molecular weight excluding hydrogens is 156 g/mol. The van der Waals surface area contributed by atoms with Gasteiger partial charge in [-0.1, -0.05) is 0 Å². The van der Waals surface area contributed by atoms with Gasteiger partial charge in [-0.15, -0.1) is 12.6 Å². The van der Waals surface area contributed by atoms with E-state index >= 15 is 0 Å². The molecule has 0 aliphatic rings. The zero-order chi connectivity index (χ0) is 8.43. The Bertz CT molecular complexity index is 269. The summed E-state index contributed by atoms with van der Waals surface area (Å²) in [6, 6.07) is 3.88. The summed E-state index contributed by atoms with van der Waals surface area (Å²) in [5.74, 6) is 0.931. The van der Waals surface area contributed by atoms with Crippen LogP contribution in [0.1, 0.15) is 11.1 Å². The van der Waals surface area contributed by atoms with Crippen molar-refractivity contribution in [2.24, 2.45) is 0 Å². The predicted octanol–water partition coefficient (Wildman–Crippen LogP) is 2.60. The summed E-state index contributed by atoms with van der Waals surface area (Å²) in [6.45, 7) is 4.08. The molecular formula is C9H12OS. The first-order valence-electron chi connectivity index (χ1n) is 3.50. The van der Waals surface area contributed by atoms with E-state index in [1.54, 1.807) is 7.11 Å². The van der Waals surface area contributed by atoms with Crippen LogP contribution in [0.3, 0.4) is 0 Å². The van der Waals surface area contributed by atoms with Crippen LogP contribution in [-0.2, 0) is 0 Å². The van der Waals surface area contributed by atoms with Gasteiger partial charge < -0.3 is 4.74 Å². The molecule has 0 aliphatic heterocycles. The molecule has 1 nitrogen and oxygen atoms in total. The zero-order valence-electron chi connectivity index (χ0n) is 7.01. The molecule has 1 aromatic carbocycles.